The van der Waals surface area contributed by atoms with Crippen LogP contribution in [-0.4, -0.2) is 40.6 Å². The SMILES string of the molecule is COCCCCCCCCCCCCOOCCCCCCCCCCCCOC. The molecule has 0 rings (SSSR count). The fraction of sp³-hybridized carbons (Fsp3) is 1.00. The maximum atomic E-state index is 5.31. The van der Waals surface area contributed by atoms with Crippen LogP contribution in [-0.2, 0) is 19.2 Å². The third kappa shape index (κ3) is 27.8. The first-order valence-electron chi connectivity index (χ1n) is 13.1. The number of hydrogen-bond acceptors (Lipinski definition) is 4. The van der Waals surface area contributed by atoms with Gasteiger partial charge in [0.15, 0.2) is 0 Å². The summed E-state index contributed by atoms with van der Waals surface area (Å²) in [6, 6.07) is 0. The molecule has 0 saturated carbocycles. The van der Waals surface area contributed by atoms with E-state index in [9.17, 15) is 0 Å². The average molecular weight is 431 g/mol. The topological polar surface area (TPSA) is 36.9 Å². The van der Waals surface area contributed by atoms with Crippen LogP contribution in [0.25, 0.3) is 0 Å². The lowest BCUT2D eigenvalue weighted by Gasteiger charge is -2.05. The Morgan fingerprint density at radius 3 is 0.700 bits per heavy atom. The largest absolute Gasteiger partial charge is 0.385 e. The van der Waals surface area contributed by atoms with Gasteiger partial charge >= 0.3 is 0 Å². The van der Waals surface area contributed by atoms with Crippen molar-refractivity contribution in [3.8, 4) is 0 Å². The van der Waals surface area contributed by atoms with Crippen LogP contribution in [0.3, 0.4) is 0 Å². The van der Waals surface area contributed by atoms with Gasteiger partial charge in [0.25, 0.3) is 0 Å². The van der Waals surface area contributed by atoms with E-state index in [1.165, 1.54) is 116 Å². The van der Waals surface area contributed by atoms with E-state index < -0.39 is 0 Å². The highest BCUT2D eigenvalue weighted by Gasteiger charge is 1.96. The number of hydrogen-bond donors (Lipinski definition) is 0. The normalized spacial score (nSPS) is 11.4. The summed E-state index contributed by atoms with van der Waals surface area (Å²) in [5, 5.41) is 0. The molecule has 0 amide bonds. The zero-order valence-electron chi connectivity index (χ0n) is 20.6. The molecule has 0 aromatic rings. The van der Waals surface area contributed by atoms with Gasteiger partial charge in [-0.2, -0.15) is 0 Å². The van der Waals surface area contributed by atoms with Crippen molar-refractivity contribution in [3.63, 3.8) is 0 Å². The van der Waals surface area contributed by atoms with Gasteiger partial charge in [0.1, 0.15) is 0 Å². The molecule has 0 bridgehead atoms. The number of ether oxygens (including phenoxy) is 2. The Morgan fingerprint density at radius 2 is 0.467 bits per heavy atom. The standard InChI is InChI=1S/C26H54O4/c1-27-23-19-15-11-7-3-5-9-13-17-21-25-29-30-26-22-18-14-10-6-4-8-12-16-20-24-28-2/h3-26H2,1-2H3. The van der Waals surface area contributed by atoms with Crippen molar-refractivity contribution < 1.29 is 19.2 Å². The lowest BCUT2D eigenvalue weighted by molar-refractivity contribution is -0.295. The molecule has 0 spiro atoms. The summed E-state index contributed by atoms with van der Waals surface area (Å²) in [5.41, 5.74) is 0. The van der Waals surface area contributed by atoms with Gasteiger partial charge in [-0.25, -0.2) is 9.78 Å². The van der Waals surface area contributed by atoms with Gasteiger partial charge < -0.3 is 9.47 Å². The molecule has 0 heterocycles. The van der Waals surface area contributed by atoms with Crippen molar-refractivity contribution in [2.75, 3.05) is 40.6 Å². The second kappa shape index (κ2) is 28.8. The van der Waals surface area contributed by atoms with E-state index in [-0.39, 0.29) is 0 Å². The van der Waals surface area contributed by atoms with E-state index in [1.807, 2.05) is 0 Å². The van der Waals surface area contributed by atoms with E-state index in [1.54, 1.807) is 14.2 Å². The van der Waals surface area contributed by atoms with Gasteiger partial charge in [0.2, 0.25) is 0 Å². The Balaban J connectivity index is 2.97. The predicted octanol–water partition coefficient (Wildman–Crippen LogP) is 8.03. The molecule has 4 heteroatoms. The first kappa shape index (κ1) is 29.8. The number of rotatable bonds is 27. The summed E-state index contributed by atoms with van der Waals surface area (Å²) >= 11 is 0. The molecule has 0 aliphatic carbocycles. The Kier molecular flexibility index (Phi) is 28.7. The molecule has 0 aromatic carbocycles. The molecular weight excluding hydrogens is 376 g/mol. The molecule has 0 aliphatic heterocycles. The van der Waals surface area contributed by atoms with Crippen LogP contribution in [0.5, 0.6) is 0 Å². The van der Waals surface area contributed by atoms with Crippen molar-refractivity contribution in [2.24, 2.45) is 0 Å². The average Bonchev–Trinajstić information content (AvgIpc) is 2.76. The maximum absolute atomic E-state index is 5.31. The van der Waals surface area contributed by atoms with E-state index in [0.717, 1.165) is 39.3 Å². The van der Waals surface area contributed by atoms with Crippen LogP contribution < -0.4 is 0 Å². The predicted molar refractivity (Wildman–Crippen MR) is 128 cm³/mol. The second-order valence-corrected chi connectivity index (χ2v) is 8.70. The monoisotopic (exact) mass is 430 g/mol. The van der Waals surface area contributed by atoms with Gasteiger partial charge in [0.05, 0.1) is 13.2 Å². The molecule has 0 aliphatic rings. The van der Waals surface area contributed by atoms with Gasteiger partial charge in [-0.15, -0.1) is 0 Å². The first-order valence-corrected chi connectivity index (χ1v) is 13.1. The smallest absolute Gasteiger partial charge is 0.0822 e. The van der Waals surface area contributed by atoms with Gasteiger partial charge in [0, 0.05) is 27.4 Å². The van der Waals surface area contributed by atoms with E-state index in [0.29, 0.717) is 0 Å². The second-order valence-electron chi connectivity index (χ2n) is 8.70. The van der Waals surface area contributed by atoms with Gasteiger partial charge in [-0.1, -0.05) is 103 Å². The molecular formula is C26H54O4. The molecule has 0 radical (unpaired) electrons. The molecule has 0 atom stereocenters. The number of methoxy groups -OCH3 is 2. The summed E-state index contributed by atoms with van der Waals surface area (Å²) in [6.07, 6.45) is 26.3. The van der Waals surface area contributed by atoms with Crippen LogP contribution in [0.4, 0.5) is 0 Å². The fourth-order valence-electron chi connectivity index (χ4n) is 3.76. The van der Waals surface area contributed by atoms with Crippen LogP contribution in [0, 0.1) is 0 Å². The molecule has 182 valence electrons. The zero-order valence-corrected chi connectivity index (χ0v) is 20.6. The van der Waals surface area contributed by atoms with Crippen molar-refractivity contribution in [1.29, 1.82) is 0 Å². The Bertz CT molecular complexity index is 258. The molecule has 0 aromatic heterocycles. The zero-order chi connectivity index (χ0) is 21.8. The van der Waals surface area contributed by atoms with Crippen LogP contribution in [0.1, 0.15) is 128 Å². The molecule has 0 unspecified atom stereocenters. The van der Waals surface area contributed by atoms with E-state index >= 15 is 0 Å². The molecule has 0 N–H and O–H groups in total. The Hall–Kier alpha value is -0.160. The summed E-state index contributed by atoms with van der Waals surface area (Å²) < 4.78 is 10.1. The van der Waals surface area contributed by atoms with E-state index in [4.69, 9.17) is 19.2 Å². The fourth-order valence-corrected chi connectivity index (χ4v) is 3.76. The first-order chi connectivity index (χ1) is 14.9. The lowest BCUT2D eigenvalue weighted by atomic mass is 10.1. The van der Waals surface area contributed by atoms with Crippen LogP contribution >= 0.6 is 0 Å². The minimum absolute atomic E-state index is 0.754. The van der Waals surface area contributed by atoms with Crippen molar-refractivity contribution in [2.45, 2.75) is 128 Å². The molecule has 0 saturated heterocycles. The minimum Gasteiger partial charge on any atom is -0.385 e. The van der Waals surface area contributed by atoms with Crippen molar-refractivity contribution in [3.05, 3.63) is 0 Å². The maximum Gasteiger partial charge on any atom is 0.0822 e. The van der Waals surface area contributed by atoms with E-state index in [2.05, 4.69) is 0 Å². The highest BCUT2D eigenvalue weighted by Crippen LogP contribution is 2.12. The highest BCUT2D eigenvalue weighted by atomic mass is 17.2. The van der Waals surface area contributed by atoms with Crippen molar-refractivity contribution in [1.82, 2.24) is 0 Å². The summed E-state index contributed by atoms with van der Waals surface area (Å²) in [4.78, 5) is 10.6. The Morgan fingerprint density at radius 1 is 0.267 bits per heavy atom. The van der Waals surface area contributed by atoms with Crippen LogP contribution in [0.15, 0.2) is 0 Å². The third-order valence-corrected chi connectivity index (χ3v) is 5.74. The lowest BCUT2D eigenvalue weighted by Crippen LogP contribution is -1.99. The summed E-state index contributed by atoms with van der Waals surface area (Å²) in [5.74, 6) is 0. The molecule has 30 heavy (non-hydrogen) atoms. The molecule has 0 fully saturated rings. The Labute approximate surface area is 188 Å². The highest BCUT2D eigenvalue weighted by molar-refractivity contribution is 4.49. The summed E-state index contributed by atoms with van der Waals surface area (Å²) in [6.45, 7) is 3.35. The van der Waals surface area contributed by atoms with Gasteiger partial charge in [-0.3, -0.25) is 0 Å². The molecule has 4 nitrogen and oxygen atoms in total. The third-order valence-electron chi connectivity index (χ3n) is 5.74. The number of unbranched alkanes of at least 4 members (excludes halogenated alkanes) is 18. The quantitative estimate of drug-likeness (QED) is 0.0750. The van der Waals surface area contributed by atoms with Crippen molar-refractivity contribution >= 4 is 0 Å². The minimum atomic E-state index is 0.754. The summed E-state index contributed by atoms with van der Waals surface area (Å²) in [7, 11) is 3.57. The van der Waals surface area contributed by atoms with Gasteiger partial charge in [-0.05, 0) is 25.7 Å². The van der Waals surface area contributed by atoms with Crippen LogP contribution in [0.2, 0.25) is 0 Å².